The van der Waals surface area contributed by atoms with Gasteiger partial charge in [-0.3, -0.25) is 14.2 Å². The number of hydrogen-bond acceptors (Lipinski definition) is 5. The predicted molar refractivity (Wildman–Crippen MR) is 157 cm³/mol. The first-order chi connectivity index (χ1) is 18.7. The molecule has 0 bridgehead atoms. The van der Waals surface area contributed by atoms with E-state index in [0.717, 1.165) is 16.8 Å². The predicted octanol–water partition coefficient (Wildman–Crippen LogP) is 5.58. The van der Waals surface area contributed by atoms with Crippen molar-refractivity contribution in [3.05, 3.63) is 99.1 Å². The molecule has 8 heteroatoms. The number of ether oxygens (including phenoxy) is 1. The molecule has 1 heterocycles. The van der Waals surface area contributed by atoms with Crippen LogP contribution in [0.15, 0.2) is 71.5 Å². The minimum Gasteiger partial charge on any atom is -0.484 e. The van der Waals surface area contributed by atoms with E-state index in [1.54, 1.807) is 39.8 Å². The lowest BCUT2D eigenvalue weighted by Gasteiger charge is -2.33. The van der Waals surface area contributed by atoms with E-state index < -0.39 is 6.04 Å². The summed E-state index contributed by atoms with van der Waals surface area (Å²) in [5.41, 5.74) is 3.38. The zero-order chi connectivity index (χ0) is 28.1. The molecule has 1 amide bonds. The largest absolute Gasteiger partial charge is 0.484 e. The molecule has 0 spiro atoms. The third-order valence-electron chi connectivity index (χ3n) is 6.90. The SMILES string of the molecule is CCC(c1nc2ccccc2c(=O)n1-c1ccc(C)c(C)c1)N(CCN(C)C)C(=O)COc1ccc(Cl)cc1. The van der Waals surface area contributed by atoms with Crippen molar-refractivity contribution in [1.29, 1.82) is 0 Å². The first-order valence-electron chi connectivity index (χ1n) is 13.1. The highest BCUT2D eigenvalue weighted by Crippen LogP contribution is 2.27. The second kappa shape index (κ2) is 12.5. The Morgan fingerprint density at radius 1 is 1.00 bits per heavy atom. The van der Waals surface area contributed by atoms with Crippen LogP contribution in [-0.2, 0) is 4.79 Å². The number of fused-ring (bicyclic) bond motifs is 1. The van der Waals surface area contributed by atoms with E-state index in [2.05, 4.69) is 0 Å². The molecule has 0 aliphatic carbocycles. The van der Waals surface area contributed by atoms with Crippen LogP contribution in [0, 0.1) is 13.8 Å². The molecule has 1 unspecified atom stereocenters. The Morgan fingerprint density at radius 2 is 1.72 bits per heavy atom. The maximum atomic E-state index is 13.9. The van der Waals surface area contributed by atoms with Crippen LogP contribution < -0.4 is 10.3 Å². The minimum atomic E-state index is -0.454. The molecule has 7 nitrogen and oxygen atoms in total. The Hall–Kier alpha value is -3.68. The maximum absolute atomic E-state index is 13.9. The fraction of sp³-hybridized carbons (Fsp3) is 0.323. The summed E-state index contributed by atoms with van der Waals surface area (Å²) in [5.74, 6) is 0.903. The summed E-state index contributed by atoms with van der Waals surface area (Å²) in [4.78, 5) is 36.4. The first kappa shape index (κ1) is 28.3. The number of aromatic nitrogens is 2. The molecule has 4 aromatic rings. The average molecular weight is 547 g/mol. The lowest BCUT2D eigenvalue weighted by Crippen LogP contribution is -2.43. The smallest absolute Gasteiger partial charge is 0.266 e. The van der Waals surface area contributed by atoms with Gasteiger partial charge in [0.05, 0.1) is 22.6 Å². The number of likely N-dealkylation sites (N-methyl/N-ethyl adjacent to an activating group) is 1. The van der Waals surface area contributed by atoms with Crippen molar-refractivity contribution in [3.8, 4) is 11.4 Å². The number of para-hydroxylation sites is 1. The molecule has 4 rings (SSSR count). The number of aryl methyl sites for hydroxylation is 2. The Kier molecular flexibility index (Phi) is 9.04. The number of halogens is 1. The summed E-state index contributed by atoms with van der Waals surface area (Å²) < 4.78 is 7.49. The van der Waals surface area contributed by atoms with E-state index in [9.17, 15) is 9.59 Å². The van der Waals surface area contributed by atoms with Crippen LogP contribution in [0.25, 0.3) is 16.6 Å². The molecule has 0 saturated carbocycles. The Morgan fingerprint density at radius 3 is 2.38 bits per heavy atom. The summed E-state index contributed by atoms with van der Waals surface area (Å²) in [5, 5.41) is 1.13. The molecule has 204 valence electrons. The van der Waals surface area contributed by atoms with Crippen molar-refractivity contribution in [2.75, 3.05) is 33.8 Å². The van der Waals surface area contributed by atoms with Crippen LogP contribution in [0.1, 0.15) is 36.3 Å². The standard InChI is InChI=1S/C31H35ClN4O3/c1-6-28(35(18-17-34(4)5)29(37)20-39-25-15-12-23(32)13-16-25)30-33-27-10-8-7-9-26(27)31(38)36(30)24-14-11-21(2)22(3)19-24/h7-16,19,28H,6,17-18,20H2,1-5H3. The molecule has 0 fully saturated rings. The van der Waals surface area contributed by atoms with Gasteiger partial charge in [0.2, 0.25) is 0 Å². The van der Waals surface area contributed by atoms with Crippen LogP contribution in [0.5, 0.6) is 5.75 Å². The van der Waals surface area contributed by atoms with Gasteiger partial charge in [-0.15, -0.1) is 0 Å². The van der Waals surface area contributed by atoms with E-state index in [-0.39, 0.29) is 18.1 Å². The summed E-state index contributed by atoms with van der Waals surface area (Å²) in [7, 11) is 3.93. The monoisotopic (exact) mass is 546 g/mol. The number of amides is 1. The van der Waals surface area contributed by atoms with Crippen molar-refractivity contribution in [3.63, 3.8) is 0 Å². The quantitative estimate of drug-likeness (QED) is 0.260. The van der Waals surface area contributed by atoms with Gasteiger partial charge in [-0.05, 0) is 94.0 Å². The van der Waals surface area contributed by atoms with Crippen LogP contribution in [0.2, 0.25) is 5.02 Å². The second-order valence-corrected chi connectivity index (χ2v) is 10.4. The van der Waals surface area contributed by atoms with E-state index in [4.69, 9.17) is 21.3 Å². The van der Waals surface area contributed by atoms with Gasteiger partial charge in [-0.2, -0.15) is 0 Å². The molecule has 0 saturated heterocycles. The van der Waals surface area contributed by atoms with E-state index >= 15 is 0 Å². The van der Waals surface area contributed by atoms with Crippen molar-refractivity contribution in [2.24, 2.45) is 0 Å². The molecule has 0 aliphatic rings. The summed E-state index contributed by atoms with van der Waals surface area (Å²) in [6, 6.07) is 19.8. The van der Waals surface area contributed by atoms with Gasteiger partial charge < -0.3 is 14.5 Å². The van der Waals surface area contributed by atoms with Crippen molar-refractivity contribution < 1.29 is 9.53 Å². The molecule has 1 atom stereocenters. The summed E-state index contributed by atoms with van der Waals surface area (Å²) in [6.45, 7) is 7.02. The van der Waals surface area contributed by atoms with Crippen LogP contribution in [0.3, 0.4) is 0 Å². The zero-order valence-corrected chi connectivity index (χ0v) is 23.9. The highest BCUT2D eigenvalue weighted by atomic mass is 35.5. The van der Waals surface area contributed by atoms with E-state index in [1.165, 1.54) is 0 Å². The van der Waals surface area contributed by atoms with E-state index in [0.29, 0.717) is 47.0 Å². The van der Waals surface area contributed by atoms with Crippen LogP contribution in [0.4, 0.5) is 0 Å². The number of rotatable bonds is 10. The van der Waals surface area contributed by atoms with Gasteiger partial charge in [-0.1, -0.05) is 36.7 Å². The van der Waals surface area contributed by atoms with Gasteiger partial charge in [0.25, 0.3) is 11.5 Å². The normalized spacial score (nSPS) is 12.1. The molecule has 39 heavy (non-hydrogen) atoms. The number of hydrogen-bond donors (Lipinski definition) is 0. The molecule has 0 radical (unpaired) electrons. The fourth-order valence-electron chi connectivity index (χ4n) is 4.55. The van der Waals surface area contributed by atoms with Gasteiger partial charge in [0.1, 0.15) is 11.6 Å². The van der Waals surface area contributed by atoms with Crippen molar-refractivity contribution in [2.45, 2.75) is 33.2 Å². The highest BCUT2D eigenvalue weighted by Gasteiger charge is 2.29. The highest BCUT2D eigenvalue weighted by molar-refractivity contribution is 6.30. The lowest BCUT2D eigenvalue weighted by atomic mass is 10.1. The number of benzene rings is 3. The lowest BCUT2D eigenvalue weighted by molar-refractivity contribution is -0.136. The van der Waals surface area contributed by atoms with Gasteiger partial charge in [0.15, 0.2) is 6.61 Å². The fourth-order valence-corrected chi connectivity index (χ4v) is 4.68. The third kappa shape index (κ3) is 6.49. The summed E-state index contributed by atoms with van der Waals surface area (Å²) in [6.07, 6.45) is 0.565. The Bertz CT molecular complexity index is 1520. The first-order valence-corrected chi connectivity index (χ1v) is 13.5. The van der Waals surface area contributed by atoms with Crippen LogP contribution in [-0.4, -0.2) is 59.0 Å². The maximum Gasteiger partial charge on any atom is 0.266 e. The molecule has 3 aromatic carbocycles. The van der Waals surface area contributed by atoms with Gasteiger partial charge in [-0.25, -0.2) is 4.98 Å². The zero-order valence-electron chi connectivity index (χ0n) is 23.1. The Labute approximate surface area is 234 Å². The minimum absolute atomic E-state index is 0.146. The molecule has 0 N–H and O–H groups in total. The Balaban J connectivity index is 1.81. The number of nitrogens with zero attached hydrogens (tertiary/aromatic N) is 4. The van der Waals surface area contributed by atoms with Gasteiger partial charge in [0, 0.05) is 18.1 Å². The molecule has 1 aromatic heterocycles. The summed E-state index contributed by atoms with van der Waals surface area (Å²) >= 11 is 5.99. The average Bonchev–Trinajstić information content (AvgIpc) is 2.92. The van der Waals surface area contributed by atoms with Crippen molar-refractivity contribution >= 4 is 28.4 Å². The topological polar surface area (TPSA) is 67.7 Å². The number of carbonyl (C=O) groups excluding carboxylic acids is 1. The molecular formula is C31H35ClN4O3. The number of carbonyl (C=O) groups is 1. The molecular weight excluding hydrogens is 512 g/mol. The van der Waals surface area contributed by atoms with E-state index in [1.807, 2.05) is 76.2 Å². The second-order valence-electron chi connectivity index (χ2n) is 9.95. The molecule has 0 aliphatic heterocycles. The van der Waals surface area contributed by atoms with Crippen molar-refractivity contribution in [1.82, 2.24) is 19.4 Å². The third-order valence-corrected chi connectivity index (χ3v) is 7.15. The van der Waals surface area contributed by atoms with Crippen LogP contribution >= 0.6 is 11.6 Å². The van der Waals surface area contributed by atoms with Gasteiger partial charge >= 0.3 is 0 Å².